The Balaban J connectivity index is 0.000000130. The molecule has 2 saturated heterocycles. The molecule has 0 spiro atoms. The largest absolute Gasteiger partial charge is 0.464 e. The van der Waals surface area contributed by atoms with Gasteiger partial charge in [0.2, 0.25) is 0 Å². The zero-order chi connectivity index (χ0) is 37.6. The number of rotatable bonds is 7. The van der Waals surface area contributed by atoms with Crippen LogP contribution in [0, 0.1) is 0 Å². The van der Waals surface area contributed by atoms with Crippen LogP contribution in [0.5, 0.6) is 0 Å². The Labute approximate surface area is 329 Å². The maximum Gasteiger partial charge on any atom is 0.160 e. The number of fused-ring (bicyclic) bond motifs is 2. The van der Waals surface area contributed by atoms with Crippen LogP contribution in [0.3, 0.4) is 0 Å². The van der Waals surface area contributed by atoms with Crippen molar-refractivity contribution in [3.8, 4) is 0 Å². The Bertz CT molecular complexity index is 2370. The molecule has 0 atom stereocenters. The van der Waals surface area contributed by atoms with Crippen LogP contribution < -0.4 is 0 Å². The number of furan rings is 2. The van der Waals surface area contributed by atoms with Crippen molar-refractivity contribution < 1.29 is 18.7 Å². The minimum absolute atomic E-state index is 0.130. The van der Waals surface area contributed by atoms with Gasteiger partial charge in [-0.1, -0.05) is 152 Å². The summed E-state index contributed by atoms with van der Waals surface area (Å²) in [5, 5.41) is 13.4. The summed E-state index contributed by atoms with van der Waals surface area (Å²) in [5.74, 6) is 0.326. The number of benzene rings is 6. The van der Waals surface area contributed by atoms with Gasteiger partial charge in [0.1, 0.15) is 23.0 Å². The second-order valence-corrected chi connectivity index (χ2v) is 14.9. The predicted molar refractivity (Wildman–Crippen MR) is 222 cm³/mol. The minimum atomic E-state index is -0.881. The molecule has 0 unspecified atom stereocenters. The topological polar surface area (TPSA) is 70.1 Å². The minimum Gasteiger partial charge on any atom is -0.464 e. The molecule has 0 saturated carbocycles. The third kappa shape index (κ3) is 7.97. The summed E-state index contributed by atoms with van der Waals surface area (Å²) in [6, 6.07) is 57.8. The van der Waals surface area contributed by atoms with E-state index < -0.39 is 5.60 Å². The predicted octanol–water partition coefficient (Wildman–Crippen LogP) is 10.6. The van der Waals surface area contributed by atoms with Crippen molar-refractivity contribution in [3.05, 3.63) is 215 Å². The molecule has 4 heterocycles. The van der Waals surface area contributed by atoms with Gasteiger partial charge in [0.05, 0.1) is 35.9 Å². The fraction of sp³-hybridized carbons (Fsp3) is 0.146. The lowest BCUT2D eigenvalue weighted by Gasteiger charge is -2.50. The fourth-order valence-corrected chi connectivity index (χ4v) is 8.04. The van der Waals surface area contributed by atoms with Gasteiger partial charge in [0, 0.05) is 29.4 Å². The van der Waals surface area contributed by atoms with Crippen molar-refractivity contribution in [3.63, 3.8) is 0 Å². The van der Waals surface area contributed by atoms with E-state index in [1.807, 2.05) is 97.1 Å². The molecule has 0 aliphatic carbocycles. The molecular weight excluding hydrogens is 748 g/mol. The molecule has 10 rings (SSSR count). The highest BCUT2D eigenvalue weighted by Crippen LogP contribution is 2.43. The molecule has 2 aliphatic heterocycles. The van der Waals surface area contributed by atoms with Crippen LogP contribution in [0.2, 0.25) is 0 Å². The van der Waals surface area contributed by atoms with Gasteiger partial charge in [0.15, 0.2) is 5.78 Å². The summed E-state index contributed by atoms with van der Waals surface area (Å²) in [5.41, 5.74) is 6.72. The lowest BCUT2D eigenvalue weighted by molar-refractivity contribution is -0.130. The van der Waals surface area contributed by atoms with Crippen molar-refractivity contribution in [1.82, 2.24) is 9.80 Å². The highest BCUT2D eigenvalue weighted by molar-refractivity contribution is 9.10. The molecule has 55 heavy (non-hydrogen) atoms. The number of hydrogen-bond donors (Lipinski definition) is 1. The molecule has 2 fully saturated rings. The first kappa shape index (κ1) is 36.4. The van der Waals surface area contributed by atoms with E-state index in [1.54, 1.807) is 12.5 Å². The standard InChI is InChI=1S/C24H21NO2.C16H15NO.C8H5BrO/c26-24(21-15-27-22-14-8-7-13-20(21)22)16-25(17-24)23(18-9-3-1-4-10-18)19-11-5-2-6-12-19;18-15-11-17(12-15)16(13-7-3-1-4-8-13)14-9-5-2-6-10-14;9-7-5-10-8-4-2-1-3-6(7)8/h1-15,23,26H,16-17H2;1-10,16H,11-12H2;1-5H. The van der Waals surface area contributed by atoms with Crippen LogP contribution in [0.1, 0.15) is 39.9 Å². The van der Waals surface area contributed by atoms with Gasteiger partial charge in [-0.25, -0.2) is 0 Å². The van der Waals surface area contributed by atoms with Crippen molar-refractivity contribution in [2.45, 2.75) is 17.7 Å². The number of β-amino-alcohol motifs (C(OH)–C–C–N with tert-alkyl or cyclic N) is 1. The van der Waals surface area contributed by atoms with Crippen LogP contribution in [0.4, 0.5) is 0 Å². The van der Waals surface area contributed by atoms with Crippen molar-refractivity contribution in [1.29, 1.82) is 0 Å². The first-order chi connectivity index (χ1) is 27.0. The van der Waals surface area contributed by atoms with E-state index in [1.165, 1.54) is 22.3 Å². The summed E-state index contributed by atoms with van der Waals surface area (Å²) in [4.78, 5) is 15.8. The Morgan fingerprint density at radius 1 is 0.509 bits per heavy atom. The van der Waals surface area contributed by atoms with Crippen LogP contribution in [0.25, 0.3) is 21.9 Å². The van der Waals surface area contributed by atoms with Gasteiger partial charge in [-0.15, -0.1) is 0 Å². The normalized spacial score (nSPS) is 15.2. The maximum atomic E-state index is 11.3. The SMILES string of the molecule is Brc1coc2ccccc12.O=C1CN(C(c2ccccc2)c2ccccc2)C1.OC1(c2coc3ccccc23)CN(C(c2ccccc2)c2ccccc2)C1. The molecule has 1 N–H and O–H groups in total. The van der Waals surface area contributed by atoms with E-state index in [2.05, 4.69) is 98.5 Å². The summed E-state index contributed by atoms with van der Waals surface area (Å²) in [6.07, 6.45) is 3.41. The number of carbonyl (C=O) groups is 1. The number of para-hydroxylation sites is 2. The van der Waals surface area contributed by atoms with E-state index in [4.69, 9.17) is 8.83 Å². The molecule has 2 aliphatic rings. The van der Waals surface area contributed by atoms with Gasteiger partial charge >= 0.3 is 0 Å². The van der Waals surface area contributed by atoms with E-state index >= 15 is 0 Å². The molecule has 0 bridgehead atoms. The number of aliphatic hydroxyl groups is 1. The van der Waals surface area contributed by atoms with Gasteiger partial charge in [0.25, 0.3) is 0 Å². The molecule has 6 aromatic carbocycles. The van der Waals surface area contributed by atoms with Crippen LogP contribution in [-0.4, -0.2) is 46.9 Å². The van der Waals surface area contributed by atoms with E-state index in [9.17, 15) is 9.90 Å². The van der Waals surface area contributed by atoms with E-state index in [0.29, 0.717) is 32.0 Å². The number of ketones is 1. The molecule has 6 nitrogen and oxygen atoms in total. The number of hydrogen-bond acceptors (Lipinski definition) is 6. The number of carbonyl (C=O) groups excluding carboxylic acids is 1. The van der Waals surface area contributed by atoms with Crippen molar-refractivity contribution in [2.75, 3.05) is 26.2 Å². The van der Waals surface area contributed by atoms with Crippen LogP contribution in [-0.2, 0) is 10.4 Å². The smallest absolute Gasteiger partial charge is 0.160 e. The van der Waals surface area contributed by atoms with Crippen molar-refractivity contribution >= 4 is 43.7 Å². The highest BCUT2D eigenvalue weighted by Gasteiger charge is 2.47. The molecule has 0 amide bonds. The second-order valence-electron chi connectivity index (χ2n) is 14.1. The fourth-order valence-electron chi connectivity index (χ4n) is 7.62. The van der Waals surface area contributed by atoms with Crippen LogP contribution in [0.15, 0.2) is 196 Å². The summed E-state index contributed by atoms with van der Waals surface area (Å²) in [7, 11) is 0. The average molecular weight is 790 g/mol. The molecule has 274 valence electrons. The Morgan fingerprint density at radius 2 is 0.891 bits per heavy atom. The molecule has 8 aromatic rings. The first-order valence-electron chi connectivity index (χ1n) is 18.5. The zero-order valence-corrected chi connectivity index (χ0v) is 31.8. The number of likely N-dealkylation sites (tertiary alicyclic amines) is 2. The maximum absolute atomic E-state index is 11.3. The number of halogens is 1. The highest BCUT2D eigenvalue weighted by atomic mass is 79.9. The lowest BCUT2D eigenvalue weighted by atomic mass is 9.82. The molecular formula is C48H41BrN2O4. The summed E-state index contributed by atoms with van der Waals surface area (Å²) >= 11 is 3.37. The third-order valence-corrected chi connectivity index (χ3v) is 10.9. The molecule has 0 radical (unpaired) electrons. The summed E-state index contributed by atoms with van der Waals surface area (Å²) in [6.45, 7) is 2.28. The zero-order valence-electron chi connectivity index (χ0n) is 30.2. The second kappa shape index (κ2) is 16.4. The van der Waals surface area contributed by atoms with Gasteiger partial charge in [-0.2, -0.15) is 0 Å². The van der Waals surface area contributed by atoms with Gasteiger partial charge in [-0.05, 0) is 56.4 Å². The third-order valence-electron chi connectivity index (χ3n) is 10.3. The monoisotopic (exact) mass is 788 g/mol. The summed E-state index contributed by atoms with van der Waals surface area (Å²) < 4.78 is 11.9. The average Bonchev–Trinajstić information content (AvgIpc) is 3.83. The number of nitrogens with zero attached hydrogens (tertiary/aromatic N) is 2. The lowest BCUT2D eigenvalue weighted by Crippen LogP contribution is -2.60. The van der Waals surface area contributed by atoms with Gasteiger partial charge in [-0.3, -0.25) is 14.6 Å². The van der Waals surface area contributed by atoms with Crippen molar-refractivity contribution in [2.24, 2.45) is 0 Å². The van der Waals surface area contributed by atoms with E-state index in [0.717, 1.165) is 32.0 Å². The van der Waals surface area contributed by atoms with E-state index in [-0.39, 0.29) is 12.1 Å². The Kier molecular flexibility index (Phi) is 10.9. The van der Waals surface area contributed by atoms with Gasteiger partial charge < -0.3 is 13.9 Å². The number of Topliss-reactive ketones (excluding diaryl/α,β-unsaturated/α-hetero) is 1. The Hall–Kier alpha value is -5.57. The molecule has 2 aromatic heterocycles. The van der Waals surface area contributed by atoms with Crippen LogP contribution >= 0.6 is 15.9 Å². The molecule has 7 heteroatoms. The Morgan fingerprint density at radius 3 is 1.35 bits per heavy atom. The first-order valence-corrected chi connectivity index (χ1v) is 19.3. The quantitative estimate of drug-likeness (QED) is 0.173.